The number of aliphatic hydroxyl groups excluding tert-OH is 7. The normalized spacial score (nSPS) is 24.1. The average molecular weight is 1640 g/mol. The molecule has 0 spiro atoms. The summed E-state index contributed by atoms with van der Waals surface area (Å²) in [6.45, 7) is 9.86. The first kappa shape index (κ1) is 98.2. The van der Waals surface area contributed by atoms with Crippen LogP contribution in [0.2, 0.25) is 0 Å². The number of ketones is 3. The minimum atomic E-state index is -2.29. The van der Waals surface area contributed by atoms with Gasteiger partial charge >= 0.3 is 0 Å². The van der Waals surface area contributed by atoms with Gasteiger partial charge in [0.1, 0.15) is 42.0 Å². The standard InChI is InChI=1S/C83H132N10O21S/c1-8-50(4)41-51(5)20-14-11-9-10-12-17-23-59(97)43-57-45-69(103)81(114-38-33-84)91-80(111)72-66(100)30-36-92(72)83(113)71(90-78(109)61(74(105)73(104)54-25-27-58(96)28-26-54)47-68(102)64-46-60(98)48-93(64)82(112)70(52(6)95)89-77(57)108)65(99)29-35-87-79(110)62(85)24-18-19-34-86-75(106)56(42-53-21-15-13-16-22-53)44-67(101)63(40-49(2)3)88-76(107)55(31-37-94)32-39-115-7/h13,15-16,21-22,25-28,37,49-52,55-57,60-66,69-74,81,95-96,98-100,103-105H,8-12,14,17-20,23-24,29-36,38-48,84-85H2,1-7H3,(H,86,106)(H,87,110)(H,88,107)(H,89,108)(H,90,109)(H,91,111)/t50-,51+,52+,55-,56+,57-,60+,61-,62-,63-,64-,65+,66-,69+,70-,71-,72-,73-,74-,81+/m0/s1. The minimum Gasteiger partial charge on any atom is -0.508 e. The predicted molar refractivity (Wildman–Crippen MR) is 431 cm³/mol. The summed E-state index contributed by atoms with van der Waals surface area (Å²) in [4.78, 5) is 172. The van der Waals surface area contributed by atoms with Crippen molar-refractivity contribution in [2.45, 2.75) is 281 Å². The molecule has 0 unspecified atom stereocenters. The topological polar surface area (TPSA) is 507 Å². The molecule has 0 saturated carbocycles. The van der Waals surface area contributed by atoms with E-state index >= 15 is 9.59 Å². The fraction of sp³-hybridized carbons (Fsp3) is 0.711. The molecule has 2 aromatic rings. The molecule has 115 heavy (non-hydrogen) atoms. The maximum absolute atomic E-state index is 15.3. The van der Waals surface area contributed by atoms with E-state index in [0.717, 1.165) is 72.9 Å². The van der Waals surface area contributed by atoms with Gasteiger partial charge in [-0.3, -0.25) is 52.7 Å². The Bertz CT molecular complexity index is 3400. The van der Waals surface area contributed by atoms with E-state index in [2.05, 4.69) is 52.7 Å². The van der Waals surface area contributed by atoms with Gasteiger partial charge < -0.3 is 104 Å². The molecule has 0 aliphatic carbocycles. The van der Waals surface area contributed by atoms with Crippen molar-refractivity contribution in [3.63, 3.8) is 0 Å². The summed E-state index contributed by atoms with van der Waals surface area (Å²) in [5.41, 5.74) is 12.9. The Kier molecular flexibility index (Phi) is 43.6. The number of hydrogen-bond donors (Lipinski definition) is 16. The molecule has 0 aromatic heterocycles. The van der Waals surface area contributed by atoms with Gasteiger partial charge in [-0.2, -0.15) is 11.8 Å². The summed E-state index contributed by atoms with van der Waals surface area (Å²) in [6, 6.07) is 4.13. The molecule has 32 heteroatoms. The van der Waals surface area contributed by atoms with Crippen molar-refractivity contribution >= 4 is 82.7 Å². The highest BCUT2D eigenvalue weighted by molar-refractivity contribution is 7.98. The van der Waals surface area contributed by atoms with Gasteiger partial charge in [-0.15, -0.1) is 0 Å². The quantitative estimate of drug-likeness (QED) is 0.0334. The Hall–Kier alpha value is -7.37. The number of phenolic OH excluding ortho intramolecular Hbond substituents is 1. The molecule has 3 heterocycles. The zero-order valence-corrected chi connectivity index (χ0v) is 69.0. The first-order valence-corrected chi connectivity index (χ1v) is 42.7. The number of amides is 8. The Morgan fingerprint density at radius 1 is 0.704 bits per heavy atom. The third-order valence-electron chi connectivity index (χ3n) is 22.2. The first-order valence-electron chi connectivity index (χ1n) is 41.3. The van der Waals surface area contributed by atoms with Gasteiger partial charge in [0, 0.05) is 89.0 Å². The summed E-state index contributed by atoms with van der Waals surface area (Å²) in [5.74, 6) is -12.7. The third kappa shape index (κ3) is 32.5. The maximum Gasteiger partial charge on any atom is 0.248 e. The van der Waals surface area contributed by atoms with E-state index in [-0.39, 0.29) is 81.2 Å². The Balaban J connectivity index is 1.40. The predicted octanol–water partition coefficient (Wildman–Crippen LogP) is 2.37. The number of unbranched alkanes of at least 4 members (excludes halogenated alkanes) is 6. The number of aliphatic hydroxyl groups is 7. The van der Waals surface area contributed by atoms with Crippen LogP contribution in [0.1, 0.15) is 206 Å². The monoisotopic (exact) mass is 1640 g/mol. The summed E-state index contributed by atoms with van der Waals surface area (Å²) in [5, 5.41) is 108. The molecule has 18 N–H and O–H groups in total. The molecule has 0 bridgehead atoms. The summed E-state index contributed by atoms with van der Waals surface area (Å²) in [7, 11) is 0. The zero-order chi connectivity index (χ0) is 85.0. The van der Waals surface area contributed by atoms with Crippen LogP contribution in [0.3, 0.4) is 0 Å². The molecule has 3 aliphatic heterocycles. The lowest BCUT2D eigenvalue weighted by molar-refractivity contribution is -0.150. The number of thioether (sulfide) groups is 1. The number of aromatic hydroxyl groups is 1. The van der Waals surface area contributed by atoms with Gasteiger partial charge in [-0.1, -0.05) is 122 Å². The summed E-state index contributed by atoms with van der Waals surface area (Å²) in [6.07, 6.45) is -5.90. The van der Waals surface area contributed by atoms with Crippen LogP contribution in [-0.4, -0.2) is 252 Å². The molecule has 5 rings (SSSR count). The average Bonchev–Trinajstić information content (AvgIpc) is 1.74. The van der Waals surface area contributed by atoms with Crippen LogP contribution in [-0.2, 0) is 68.7 Å². The number of nitrogens with zero attached hydrogens (tertiary/aromatic N) is 2. The number of nitrogens with two attached hydrogens (primary N) is 2. The maximum atomic E-state index is 15.3. The summed E-state index contributed by atoms with van der Waals surface area (Å²) < 4.78 is 5.86. The number of carbonyl (C=O) groups is 12. The number of phenols is 1. The van der Waals surface area contributed by atoms with E-state index in [1.807, 2.05) is 50.4 Å². The van der Waals surface area contributed by atoms with Gasteiger partial charge in [0.15, 0.2) is 17.8 Å². The van der Waals surface area contributed by atoms with Crippen molar-refractivity contribution in [2.24, 2.45) is 52.9 Å². The highest BCUT2D eigenvalue weighted by atomic mass is 32.2. The molecule has 2 aromatic carbocycles. The van der Waals surface area contributed by atoms with E-state index in [0.29, 0.717) is 62.4 Å². The number of ether oxygens (including phenoxy) is 1. The molecular formula is C83H132N10O21S. The first-order chi connectivity index (χ1) is 54.7. The Morgan fingerprint density at radius 2 is 1.36 bits per heavy atom. The van der Waals surface area contributed by atoms with Crippen LogP contribution < -0.4 is 43.4 Å². The van der Waals surface area contributed by atoms with E-state index in [1.54, 1.807) is 0 Å². The van der Waals surface area contributed by atoms with Crippen molar-refractivity contribution in [2.75, 3.05) is 51.3 Å². The van der Waals surface area contributed by atoms with Gasteiger partial charge in [0.05, 0.1) is 67.3 Å². The van der Waals surface area contributed by atoms with Gasteiger partial charge in [-0.05, 0) is 131 Å². The van der Waals surface area contributed by atoms with Crippen molar-refractivity contribution in [1.82, 2.24) is 41.7 Å². The number of nitrogens with one attached hydrogen (secondary N) is 6. The summed E-state index contributed by atoms with van der Waals surface area (Å²) >= 11 is 1.53. The molecule has 3 fully saturated rings. The Morgan fingerprint density at radius 3 is 2.01 bits per heavy atom. The van der Waals surface area contributed by atoms with Crippen LogP contribution in [0.5, 0.6) is 5.75 Å². The molecule has 20 atom stereocenters. The molecular weight excluding hydrogens is 1510 g/mol. The lowest BCUT2D eigenvalue weighted by atomic mass is 9.86. The lowest BCUT2D eigenvalue weighted by Gasteiger charge is -2.34. The Labute approximate surface area is 680 Å². The number of rotatable bonds is 46. The van der Waals surface area contributed by atoms with E-state index in [1.165, 1.54) is 30.3 Å². The van der Waals surface area contributed by atoms with Crippen LogP contribution in [0.25, 0.3) is 0 Å². The molecule has 0 radical (unpaired) electrons. The highest BCUT2D eigenvalue weighted by Crippen LogP contribution is 2.32. The van der Waals surface area contributed by atoms with Crippen molar-refractivity contribution < 1.29 is 103 Å². The second kappa shape index (κ2) is 51.1. The van der Waals surface area contributed by atoms with E-state index in [9.17, 15) is 88.8 Å². The molecule has 3 saturated heterocycles. The largest absolute Gasteiger partial charge is 0.508 e. The second-order valence-electron chi connectivity index (χ2n) is 32.3. The van der Waals surface area contributed by atoms with Gasteiger partial charge in [0.2, 0.25) is 47.3 Å². The number of fused-ring (bicyclic) bond motifs is 2. The number of benzene rings is 2. The fourth-order valence-electron chi connectivity index (χ4n) is 15.3. The van der Waals surface area contributed by atoms with Gasteiger partial charge in [-0.25, -0.2) is 0 Å². The molecule has 3 aliphatic rings. The smallest absolute Gasteiger partial charge is 0.248 e. The fourth-order valence-corrected chi connectivity index (χ4v) is 15.8. The lowest BCUT2D eigenvalue weighted by Crippen LogP contribution is -2.61. The van der Waals surface area contributed by atoms with Crippen LogP contribution in [0, 0.1) is 41.4 Å². The van der Waals surface area contributed by atoms with Crippen molar-refractivity contribution in [1.29, 1.82) is 0 Å². The molecule has 646 valence electrons. The zero-order valence-electron chi connectivity index (χ0n) is 68.2. The highest BCUT2D eigenvalue weighted by Gasteiger charge is 2.49. The molecule has 31 nitrogen and oxygen atoms in total. The number of Topliss-reactive ketones (excluding diaryl/α,β-unsaturated/α-hetero) is 3. The van der Waals surface area contributed by atoms with Crippen molar-refractivity contribution in [3.05, 3.63) is 65.7 Å². The number of aldehydes is 1. The number of carbonyl (C=O) groups excluding carboxylic acids is 12. The van der Waals surface area contributed by atoms with E-state index < -0.39 is 219 Å². The second-order valence-corrected chi connectivity index (χ2v) is 33.2. The van der Waals surface area contributed by atoms with Crippen LogP contribution >= 0.6 is 11.8 Å². The van der Waals surface area contributed by atoms with E-state index in [4.69, 9.17) is 16.2 Å². The minimum absolute atomic E-state index is 0.0000284. The number of hydrogen-bond acceptors (Lipinski definition) is 24. The third-order valence-corrected chi connectivity index (χ3v) is 22.8. The van der Waals surface area contributed by atoms with Crippen LogP contribution in [0.15, 0.2) is 54.6 Å². The van der Waals surface area contributed by atoms with Crippen LogP contribution in [0.4, 0.5) is 0 Å². The molecule has 8 amide bonds. The van der Waals surface area contributed by atoms with Crippen molar-refractivity contribution in [3.8, 4) is 5.75 Å². The van der Waals surface area contributed by atoms with Gasteiger partial charge in [0.25, 0.3) is 0 Å². The SMILES string of the molecule is CC[C@H](C)C[C@H](C)CCCCCCCCC(=O)C[C@H]1C[C@@H](O)[C@@H](OCCN)NC(=O)[C@@H]2[C@@H](O)CCN2C(=O)[C@H]([C@H](O)CCNC(=O)[C@@H](N)CCCCNC(=O)[C@@H](CC(=O)[C@H](CC(C)C)NC(=O)[C@@H](CC=O)CCSC)Cc2ccccc2)NC(=O)[C@H]([C@H](O)[C@@H](O)c2ccc(O)cc2)CC(=O)[C@@H]2C[C@@H](O)CN2C(=O)[C@H]([C@@H](C)O)NC1=O.